The van der Waals surface area contributed by atoms with Crippen LogP contribution < -0.4 is 15.6 Å². The standard InChI is InChI=1S/C22H19N7O3S2/c1-3-4-18-28-29-19(30)10-16(24-22(29)34-18)12-32-17-7-5-14(6-8-17)9-15(11-23)20(31)25-21-27-26-13(2)33-21/h5-10H,3-4,12H2,1-2H3,(H,25,27,31)/b15-9-. The first kappa shape index (κ1) is 23.2. The Morgan fingerprint density at radius 2 is 2.06 bits per heavy atom. The molecule has 34 heavy (non-hydrogen) atoms. The van der Waals surface area contributed by atoms with Gasteiger partial charge in [0.05, 0.1) is 5.69 Å². The molecule has 0 aliphatic carbocycles. The smallest absolute Gasteiger partial charge is 0.275 e. The fourth-order valence-corrected chi connectivity index (χ4v) is 4.54. The number of amides is 1. The van der Waals surface area contributed by atoms with Gasteiger partial charge in [-0.05, 0) is 37.1 Å². The third kappa shape index (κ3) is 5.51. The zero-order chi connectivity index (χ0) is 24.1. The molecule has 4 rings (SSSR count). The summed E-state index contributed by atoms with van der Waals surface area (Å²) in [7, 11) is 0. The Bertz CT molecular complexity index is 1460. The van der Waals surface area contributed by atoms with Crippen molar-refractivity contribution in [1.82, 2.24) is 24.8 Å². The van der Waals surface area contributed by atoms with Crippen LogP contribution in [0, 0.1) is 18.3 Å². The van der Waals surface area contributed by atoms with Gasteiger partial charge in [0.2, 0.25) is 10.1 Å². The molecule has 1 aromatic carbocycles. The molecule has 0 saturated carbocycles. The predicted molar refractivity (Wildman–Crippen MR) is 129 cm³/mol. The highest BCUT2D eigenvalue weighted by Gasteiger charge is 2.12. The molecule has 0 radical (unpaired) electrons. The highest BCUT2D eigenvalue weighted by molar-refractivity contribution is 7.16. The molecule has 1 N–H and O–H groups in total. The van der Waals surface area contributed by atoms with Crippen molar-refractivity contribution in [3.63, 3.8) is 0 Å². The van der Waals surface area contributed by atoms with Gasteiger partial charge in [0.25, 0.3) is 11.5 Å². The Labute approximate surface area is 202 Å². The number of nitrogens with one attached hydrogen (secondary N) is 1. The summed E-state index contributed by atoms with van der Waals surface area (Å²) < 4.78 is 7.08. The number of benzene rings is 1. The van der Waals surface area contributed by atoms with Crippen molar-refractivity contribution in [3.8, 4) is 11.8 Å². The first-order valence-electron chi connectivity index (χ1n) is 10.3. The van der Waals surface area contributed by atoms with Gasteiger partial charge in [-0.2, -0.15) is 14.9 Å². The number of carbonyl (C=O) groups is 1. The normalized spacial score (nSPS) is 11.4. The Morgan fingerprint density at radius 3 is 2.74 bits per heavy atom. The third-order valence-electron chi connectivity index (χ3n) is 4.49. The van der Waals surface area contributed by atoms with E-state index in [-0.39, 0.29) is 17.7 Å². The van der Waals surface area contributed by atoms with Gasteiger partial charge in [-0.25, -0.2) is 4.98 Å². The number of nitriles is 1. The van der Waals surface area contributed by atoms with Crippen LogP contribution in [0.3, 0.4) is 0 Å². The molecule has 0 atom stereocenters. The minimum Gasteiger partial charge on any atom is -0.487 e. The maximum absolute atomic E-state index is 12.3. The number of hydrogen-bond donors (Lipinski definition) is 1. The Balaban J connectivity index is 1.42. The number of aromatic nitrogens is 5. The van der Waals surface area contributed by atoms with Crippen molar-refractivity contribution in [1.29, 1.82) is 5.26 Å². The summed E-state index contributed by atoms with van der Waals surface area (Å²) in [4.78, 5) is 29.6. The van der Waals surface area contributed by atoms with E-state index in [1.807, 2.05) is 6.07 Å². The lowest BCUT2D eigenvalue weighted by molar-refractivity contribution is -0.112. The Hall–Kier alpha value is -3.95. The number of carbonyl (C=O) groups excluding carboxylic acids is 1. The van der Waals surface area contributed by atoms with Gasteiger partial charge in [-0.1, -0.05) is 41.7 Å². The van der Waals surface area contributed by atoms with E-state index in [2.05, 4.69) is 32.5 Å². The van der Waals surface area contributed by atoms with Crippen LogP contribution in [-0.2, 0) is 17.8 Å². The number of aryl methyl sites for hydroxylation is 2. The minimum atomic E-state index is -0.558. The SMILES string of the molecule is CCCc1nn2c(=O)cc(COc3ccc(/C=C(/C#N)C(=O)Nc4nnc(C)s4)cc3)nc2s1. The number of fused-ring (bicyclic) bond motifs is 1. The summed E-state index contributed by atoms with van der Waals surface area (Å²) in [6, 6.07) is 10.2. The molecule has 0 aliphatic heterocycles. The summed E-state index contributed by atoms with van der Waals surface area (Å²) in [6.07, 6.45) is 3.22. The second-order valence-corrected chi connectivity index (χ2v) is 9.36. The van der Waals surface area contributed by atoms with Crippen molar-refractivity contribution < 1.29 is 9.53 Å². The topological polar surface area (TPSA) is 135 Å². The van der Waals surface area contributed by atoms with E-state index < -0.39 is 5.91 Å². The van der Waals surface area contributed by atoms with Gasteiger partial charge < -0.3 is 4.74 Å². The third-order valence-corrected chi connectivity index (χ3v) is 6.22. The van der Waals surface area contributed by atoms with Crippen LogP contribution in [0.15, 0.2) is 40.7 Å². The predicted octanol–water partition coefficient (Wildman–Crippen LogP) is 3.39. The second-order valence-electron chi connectivity index (χ2n) is 7.13. The molecule has 0 fully saturated rings. The molecule has 0 spiro atoms. The zero-order valence-corrected chi connectivity index (χ0v) is 19.9. The molecule has 10 nitrogen and oxygen atoms in total. The highest BCUT2D eigenvalue weighted by atomic mass is 32.1. The number of rotatable bonds is 8. The van der Waals surface area contributed by atoms with Gasteiger partial charge in [-0.15, -0.1) is 10.2 Å². The molecule has 1 amide bonds. The summed E-state index contributed by atoms with van der Waals surface area (Å²) in [6.45, 7) is 3.95. The van der Waals surface area contributed by atoms with E-state index in [0.29, 0.717) is 32.1 Å². The molecular formula is C22H19N7O3S2. The van der Waals surface area contributed by atoms with Crippen molar-refractivity contribution in [2.45, 2.75) is 33.3 Å². The largest absolute Gasteiger partial charge is 0.487 e. The molecule has 12 heteroatoms. The average Bonchev–Trinajstić information content (AvgIpc) is 3.42. The number of anilines is 1. The highest BCUT2D eigenvalue weighted by Crippen LogP contribution is 2.19. The number of hydrogen-bond acceptors (Lipinski definition) is 10. The zero-order valence-electron chi connectivity index (χ0n) is 18.3. The van der Waals surface area contributed by atoms with E-state index in [9.17, 15) is 14.9 Å². The van der Waals surface area contributed by atoms with Crippen LogP contribution in [-0.4, -0.2) is 30.7 Å². The summed E-state index contributed by atoms with van der Waals surface area (Å²) >= 11 is 2.62. The number of ether oxygens (including phenoxy) is 1. The lowest BCUT2D eigenvalue weighted by Gasteiger charge is -2.06. The number of nitrogens with zero attached hydrogens (tertiary/aromatic N) is 6. The average molecular weight is 494 g/mol. The van der Waals surface area contributed by atoms with Crippen LogP contribution >= 0.6 is 22.7 Å². The van der Waals surface area contributed by atoms with Gasteiger partial charge >= 0.3 is 0 Å². The van der Waals surface area contributed by atoms with E-state index in [1.165, 1.54) is 39.3 Å². The van der Waals surface area contributed by atoms with Gasteiger partial charge in [0.1, 0.15) is 34.0 Å². The lowest BCUT2D eigenvalue weighted by atomic mass is 10.1. The Kier molecular flexibility index (Phi) is 7.05. The molecule has 172 valence electrons. The van der Waals surface area contributed by atoms with Crippen LogP contribution in [0.1, 0.15) is 34.6 Å². The molecule has 3 aromatic heterocycles. The summed E-state index contributed by atoms with van der Waals surface area (Å²) in [5, 5.41) is 25.8. The van der Waals surface area contributed by atoms with Gasteiger partial charge in [0.15, 0.2) is 0 Å². The lowest BCUT2D eigenvalue weighted by Crippen LogP contribution is -2.16. The van der Waals surface area contributed by atoms with Crippen molar-refractivity contribution in [2.24, 2.45) is 0 Å². The molecule has 3 heterocycles. The molecule has 4 aromatic rings. The molecule has 0 aliphatic rings. The first-order chi connectivity index (χ1) is 16.4. The van der Waals surface area contributed by atoms with E-state index in [0.717, 1.165) is 17.8 Å². The minimum absolute atomic E-state index is 0.0634. The van der Waals surface area contributed by atoms with Crippen LogP contribution in [0.25, 0.3) is 11.0 Å². The first-order valence-corrected chi connectivity index (χ1v) is 11.9. The van der Waals surface area contributed by atoms with E-state index >= 15 is 0 Å². The molecule has 0 unspecified atom stereocenters. The summed E-state index contributed by atoms with van der Waals surface area (Å²) in [5.74, 6) is -0.000638. The van der Waals surface area contributed by atoms with Crippen molar-refractivity contribution in [3.05, 3.63) is 67.5 Å². The fourth-order valence-electron chi connectivity index (χ4n) is 2.93. The maximum Gasteiger partial charge on any atom is 0.275 e. The fraction of sp³-hybridized carbons (Fsp3) is 0.227. The van der Waals surface area contributed by atoms with Gasteiger partial charge in [-0.3, -0.25) is 14.9 Å². The van der Waals surface area contributed by atoms with E-state index in [4.69, 9.17) is 4.74 Å². The van der Waals surface area contributed by atoms with Crippen LogP contribution in [0.4, 0.5) is 5.13 Å². The molecule has 0 saturated heterocycles. The van der Waals surface area contributed by atoms with Crippen molar-refractivity contribution >= 4 is 44.7 Å². The maximum atomic E-state index is 12.3. The molecular weight excluding hydrogens is 474 g/mol. The monoisotopic (exact) mass is 493 g/mol. The van der Waals surface area contributed by atoms with Crippen LogP contribution in [0.5, 0.6) is 5.75 Å². The summed E-state index contributed by atoms with van der Waals surface area (Å²) in [5.41, 5.74) is 0.856. The Morgan fingerprint density at radius 1 is 1.26 bits per heavy atom. The van der Waals surface area contributed by atoms with Crippen LogP contribution in [0.2, 0.25) is 0 Å². The van der Waals surface area contributed by atoms with Gasteiger partial charge in [0, 0.05) is 12.5 Å². The van der Waals surface area contributed by atoms with Crippen molar-refractivity contribution in [2.75, 3.05) is 5.32 Å². The second kappa shape index (κ2) is 10.3. The van der Waals surface area contributed by atoms with E-state index in [1.54, 1.807) is 31.2 Å². The molecule has 0 bridgehead atoms. The quantitative estimate of drug-likeness (QED) is 0.291.